The second-order valence-corrected chi connectivity index (χ2v) is 7.52. The lowest BCUT2D eigenvalue weighted by molar-refractivity contribution is 0.257. The van der Waals surface area contributed by atoms with Gasteiger partial charge in [0.25, 0.3) is 0 Å². The fraction of sp³-hybridized carbons (Fsp3) is 0.714. The highest BCUT2D eigenvalue weighted by Gasteiger charge is 2.22. The van der Waals surface area contributed by atoms with E-state index in [1.807, 2.05) is 11.3 Å². The molecular weight excluding hydrogens is 294 g/mol. The molecular formula is C14H22BrNS. The van der Waals surface area contributed by atoms with Crippen molar-refractivity contribution in [3.05, 3.63) is 20.8 Å². The van der Waals surface area contributed by atoms with Crippen molar-refractivity contribution < 1.29 is 0 Å². The summed E-state index contributed by atoms with van der Waals surface area (Å²) in [5, 5.41) is 3.77. The Hall–Kier alpha value is 0.140. The summed E-state index contributed by atoms with van der Waals surface area (Å²) in [6, 6.07) is 5.15. The average Bonchev–Trinajstić information content (AvgIpc) is 2.76. The molecule has 1 aromatic heterocycles. The molecule has 1 aliphatic carbocycles. The van der Waals surface area contributed by atoms with E-state index in [1.54, 1.807) is 0 Å². The van der Waals surface area contributed by atoms with Gasteiger partial charge in [0.1, 0.15) is 0 Å². The summed E-state index contributed by atoms with van der Waals surface area (Å²) in [5.41, 5.74) is 0. The molecule has 1 nitrogen and oxygen atoms in total. The lowest BCUT2D eigenvalue weighted by Gasteiger charge is -2.31. The summed E-state index contributed by atoms with van der Waals surface area (Å²) in [6.07, 6.45) is 8.17. The Morgan fingerprint density at radius 3 is 2.88 bits per heavy atom. The molecule has 0 bridgehead atoms. The lowest BCUT2D eigenvalue weighted by Crippen LogP contribution is -2.39. The molecule has 1 N–H and O–H groups in total. The van der Waals surface area contributed by atoms with Crippen LogP contribution < -0.4 is 5.32 Å². The van der Waals surface area contributed by atoms with E-state index < -0.39 is 0 Å². The van der Waals surface area contributed by atoms with E-state index in [4.69, 9.17) is 0 Å². The molecule has 2 unspecified atom stereocenters. The number of hydrogen-bond donors (Lipinski definition) is 1. The standard InChI is InChI=1S/C14H22BrNS/c1-2-11-5-3-4-6-13(11)16-10-9-12-7-8-14(15)17-12/h7-8,11,13,16H,2-6,9-10H2,1H3. The first kappa shape index (κ1) is 13.6. The van der Waals surface area contributed by atoms with Gasteiger partial charge in [-0.15, -0.1) is 11.3 Å². The van der Waals surface area contributed by atoms with Crippen molar-refractivity contribution in [2.75, 3.05) is 6.54 Å². The minimum Gasteiger partial charge on any atom is -0.313 e. The van der Waals surface area contributed by atoms with E-state index in [9.17, 15) is 0 Å². The second-order valence-electron chi connectivity index (χ2n) is 4.97. The van der Waals surface area contributed by atoms with Crippen LogP contribution in [0, 0.1) is 5.92 Å². The van der Waals surface area contributed by atoms with E-state index in [1.165, 1.54) is 47.2 Å². The molecule has 2 atom stereocenters. The Kier molecular flexibility index (Phi) is 5.51. The molecule has 1 saturated carbocycles. The van der Waals surface area contributed by atoms with Gasteiger partial charge in [-0.05, 0) is 53.2 Å². The quantitative estimate of drug-likeness (QED) is 0.836. The van der Waals surface area contributed by atoms with Gasteiger partial charge in [-0.3, -0.25) is 0 Å². The van der Waals surface area contributed by atoms with Crippen LogP contribution >= 0.6 is 27.3 Å². The van der Waals surface area contributed by atoms with Crippen molar-refractivity contribution in [3.63, 3.8) is 0 Å². The maximum atomic E-state index is 3.77. The average molecular weight is 316 g/mol. The highest BCUT2D eigenvalue weighted by Crippen LogP contribution is 2.27. The van der Waals surface area contributed by atoms with Crippen molar-refractivity contribution in [3.8, 4) is 0 Å². The van der Waals surface area contributed by atoms with Gasteiger partial charge < -0.3 is 5.32 Å². The van der Waals surface area contributed by atoms with Gasteiger partial charge in [0.15, 0.2) is 0 Å². The Bertz CT molecular complexity index is 337. The van der Waals surface area contributed by atoms with Crippen LogP contribution in [-0.2, 0) is 6.42 Å². The lowest BCUT2D eigenvalue weighted by atomic mass is 9.83. The van der Waals surface area contributed by atoms with Crippen molar-refractivity contribution >= 4 is 27.3 Å². The topological polar surface area (TPSA) is 12.0 Å². The van der Waals surface area contributed by atoms with E-state index in [0.717, 1.165) is 18.5 Å². The molecule has 96 valence electrons. The third-order valence-corrected chi connectivity index (χ3v) is 5.52. The summed E-state index contributed by atoms with van der Waals surface area (Å²) in [4.78, 5) is 1.48. The van der Waals surface area contributed by atoms with E-state index >= 15 is 0 Å². The zero-order chi connectivity index (χ0) is 12.1. The molecule has 2 rings (SSSR count). The van der Waals surface area contributed by atoms with Crippen LogP contribution in [0.25, 0.3) is 0 Å². The maximum Gasteiger partial charge on any atom is 0.0701 e. The monoisotopic (exact) mass is 315 g/mol. The van der Waals surface area contributed by atoms with Crippen LogP contribution in [0.15, 0.2) is 15.9 Å². The van der Waals surface area contributed by atoms with Crippen molar-refractivity contribution in [2.45, 2.75) is 51.5 Å². The molecule has 1 fully saturated rings. The smallest absolute Gasteiger partial charge is 0.0701 e. The highest BCUT2D eigenvalue weighted by atomic mass is 79.9. The zero-order valence-electron chi connectivity index (χ0n) is 10.5. The van der Waals surface area contributed by atoms with Crippen LogP contribution in [0.2, 0.25) is 0 Å². The SMILES string of the molecule is CCC1CCCCC1NCCc1ccc(Br)s1. The van der Waals surface area contributed by atoms with Gasteiger partial charge in [-0.25, -0.2) is 0 Å². The van der Waals surface area contributed by atoms with Crippen LogP contribution in [-0.4, -0.2) is 12.6 Å². The number of halogens is 1. The molecule has 17 heavy (non-hydrogen) atoms. The van der Waals surface area contributed by atoms with Gasteiger partial charge in [0.2, 0.25) is 0 Å². The Labute approximate surface area is 117 Å². The fourth-order valence-electron chi connectivity index (χ4n) is 2.83. The third kappa shape index (κ3) is 4.08. The van der Waals surface area contributed by atoms with Crippen LogP contribution in [0.1, 0.15) is 43.9 Å². The van der Waals surface area contributed by atoms with Crippen LogP contribution in [0.4, 0.5) is 0 Å². The van der Waals surface area contributed by atoms with Gasteiger partial charge >= 0.3 is 0 Å². The minimum absolute atomic E-state index is 0.775. The predicted octanol–water partition coefficient (Wildman–Crippen LogP) is 4.61. The Balaban J connectivity index is 1.73. The first-order valence-corrected chi connectivity index (χ1v) is 8.38. The molecule has 0 amide bonds. The molecule has 1 heterocycles. The van der Waals surface area contributed by atoms with E-state index in [0.29, 0.717) is 0 Å². The summed E-state index contributed by atoms with van der Waals surface area (Å²) < 4.78 is 1.25. The van der Waals surface area contributed by atoms with Crippen molar-refractivity contribution in [1.82, 2.24) is 5.32 Å². The van der Waals surface area contributed by atoms with Crippen LogP contribution in [0.5, 0.6) is 0 Å². The van der Waals surface area contributed by atoms with Gasteiger partial charge in [0, 0.05) is 17.5 Å². The van der Waals surface area contributed by atoms with E-state index in [2.05, 4.69) is 40.3 Å². The molecule has 1 aliphatic rings. The second kappa shape index (κ2) is 6.91. The van der Waals surface area contributed by atoms with Gasteiger partial charge in [0.05, 0.1) is 3.79 Å². The molecule has 0 aromatic carbocycles. The summed E-state index contributed by atoms with van der Waals surface area (Å²) in [5.74, 6) is 0.916. The fourth-order valence-corrected chi connectivity index (χ4v) is 4.31. The van der Waals surface area contributed by atoms with Crippen molar-refractivity contribution in [1.29, 1.82) is 0 Å². The van der Waals surface area contributed by atoms with Crippen LogP contribution in [0.3, 0.4) is 0 Å². The summed E-state index contributed by atoms with van der Waals surface area (Å²) in [7, 11) is 0. The zero-order valence-corrected chi connectivity index (χ0v) is 12.9. The third-order valence-electron chi connectivity index (χ3n) is 3.84. The van der Waals surface area contributed by atoms with Crippen molar-refractivity contribution in [2.24, 2.45) is 5.92 Å². The number of thiophene rings is 1. The Morgan fingerprint density at radius 2 is 2.18 bits per heavy atom. The molecule has 1 aromatic rings. The number of rotatable bonds is 5. The maximum absolute atomic E-state index is 3.77. The molecule has 0 saturated heterocycles. The van der Waals surface area contributed by atoms with Gasteiger partial charge in [-0.1, -0.05) is 26.2 Å². The normalized spacial score (nSPS) is 25.1. The first-order valence-electron chi connectivity index (χ1n) is 6.77. The highest BCUT2D eigenvalue weighted by molar-refractivity contribution is 9.11. The predicted molar refractivity (Wildman–Crippen MR) is 79.8 cm³/mol. The van der Waals surface area contributed by atoms with E-state index in [-0.39, 0.29) is 0 Å². The summed E-state index contributed by atoms with van der Waals surface area (Å²) in [6.45, 7) is 3.47. The number of nitrogens with one attached hydrogen (secondary N) is 1. The first-order chi connectivity index (χ1) is 8.29. The van der Waals surface area contributed by atoms with Gasteiger partial charge in [-0.2, -0.15) is 0 Å². The molecule has 0 radical (unpaired) electrons. The molecule has 0 aliphatic heterocycles. The minimum atomic E-state index is 0.775. The molecule has 3 heteroatoms. The summed E-state index contributed by atoms with van der Waals surface area (Å²) >= 11 is 5.38. The largest absolute Gasteiger partial charge is 0.313 e. The Morgan fingerprint density at radius 1 is 1.35 bits per heavy atom. The number of hydrogen-bond acceptors (Lipinski definition) is 2. The molecule has 0 spiro atoms.